The number of nitrogens with zero attached hydrogens (tertiary/aromatic N) is 3. The quantitative estimate of drug-likeness (QED) is 0.386. The molecule has 6 nitrogen and oxygen atoms in total. The topological polar surface area (TPSA) is 78.4 Å². The van der Waals surface area contributed by atoms with Crippen molar-refractivity contribution in [2.45, 2.75) is 38.8 Å². The van der Waals surface area contributed by atoms with Crippen LogP contribution in [0.4, 0.5) is 11.5 Å². The lowest BCUT2D eigenvalue weighted by Crippen LogP contribution is -2.44. The third-order valence-electron chi connectivity index (χ3n) is 6.61. The molecule has 6 heteroatoms. The Kier molecular flexibility index (Phi) is 6.23. The molecule has 0 aliphatic carbocycles. The van der Waals surface area contributed by atoms with Gasteiger partial charge in [-0.1, -0.05) is 48.9 Å². The lowest BCUT2D eigenvalue weighted by Gasteiger charge is -2.32. The molecule has 1 aliphatic heterocycles. The Balaban J connectivity index is 1.42. The number of rotatable bonds is 6. The first kappa shape index (κ1) is 22.0. The second-order valence-electron chi connectivity index (χ2n) is 8.86. The molecule has 1 atom stereocenters. The van der Waals surface area contributed by atoms with Crippen molar-refractivity contribution in [3.05, 3.63) is 84.2 Å². The molecule has 0 saturated carbocycles. The lowest BCUT2D eigenvalue weighted by atomic mass is 9.99. The van der Waals surface area contributed by atoms with Crippen molar-refractivity contribution in [2.75, 3.05) is 11.9 Å². The van der Waals surface area contributed by atoms with Gasteiger partial charge in [0.05, 0.1) is 0 Å². The summed E-state index contributed by atoms with van der Waals surface area (Å²) in [6.45, 7) is 3.50. The van der Waals surface area contributed by atoms with Gasteiger partial charge in [-0.15, -0.1) is 0 Å². The van der Waals surface area contributed by atoms with Crippen LogP contribution in [0.25, 0.3) is 22.0 Å². The van der Waals surface area contributed by atoms with Crippen molar-refractivity contribution in [2.24, 2.45) is 0 Å². The Bertz CT molecular complexity index is 1320. The minimum Gasteiger partial charge on any atom is -0.480 e. The van der Waals surface area contributed by atoms with Gasteiger partial charge in [-0.2, -0.15) is 0 Å². The van der Waals surface area contributed by atoms with Gasteiger partial charge in [0.15, 0.2) is 5.82 Å². The van der Waals surface area contributed by atoms with Gasteiger partial charge in [0, 0.05) is 30.0 Å². The highest BCUT2D eigenvalue weighted by molar-refractivity contribution is 5.90. The summed E-state index contributed by atoms with van der Waals surface area (Å²) in [6, 6.07) is 20.2. The van der Waals surface area contributed by atoms with E-state index in [2.05, 4.69) is 47.6 Å². The van der Waals surface area contributed by atoms with Crippen molar-refractivity contribution >= 4 is 28.4 Å². The Morgan fingerprint density at radius 3 is 2.76 bits per heavy atom. The van der Waals surface area contributed by atoms with Gasteiger partial charge in [-0.05, 0) is 66.8 Å². The van der Waals surface area contributed by atoms with Crippen LogP contribution >= 0.6 is 0 Å². The number of anilines is 2. The van der Waals surface area contributed by atoms with E-state index in [9.17, 15) is 9.90 Å². The molecule has 1 aliphatic rings. The number of fused-ring (bicyclic) bond motifs is 1. The highest BCUT2D eigenvalue weighted by Gasteiger charge is 2.28. The fourth-order valence-electron chi connectivity index (χ4n) is 4.81. The monoisotopic (exact) mass is 452 g/mol. The summed E-state index contributed by atoms with van der Waals surface area (Å²) in [5.41, 5.74) is 6.30. The second-order valence-corrected chi connectivity index (χ2v) is 8.86. The zero-order valence-corrected chi connectivity index (χ0v) is 19.2. The Morgan fingerprint density at radius 1 is 1.09 bits per heavy atom. The predicted octanol–water partition coefficient (Wildman–Crippen LogP) is 5.79. The fraction of sp³-hybridized carbons (Fsp3) is 0.250. The first-order valence-corrected chi connectivity index (χ1v) is 11.7. The molecule has 0 spiro atoms. The van der Waals surface area contributed by atoms with Crippen LogP contribution in [-0.4, -0.2) is 38.5 Å². The molecular formula is C28H28N4O2. The van der Waals surface area contributed by atoms with Gasteiger partial charge in [0.2, 0.25) is 0 Å². The molecule has 0 radical (unpaired) electrons. The number of nitrogens with one attached hydrogen (secondary N) is 1. The minimum atomic E-state index is -0.739. The molecule has 5 rings (SSSR count). The summed E-state index contributed by atoms with van der Waals surface area (Å²) >= 11 is 0. The van der Waals surface area contributed by atoms with Gasteiger partial charge in [0.1, 0.15) is 11.6 Å². The average molecular weight is 453 g/mol. The number of piperidine rings is 1. The maximum absolute atomic E-state index is 11.7. The number of carbonyl (C=O) groups is 1. The second kappa shape index (κ2) is 9.61. The van der Waals surface area contributed by atoms with Crippen LogP contribution < -0.4 is 5.32 Å². The summed E-state index contributed by atoms with van der Waals surface area (Å²) in [6.07, 6.45) is 6.33. The van der Waals surface area contributed by atoms with Crippen LogP contribution in [-0.2, 0) is 11.3 Å². The average Bonchev–Trinajstić information content (AvgIpc) is 2.86. The van der Waals surface area contributed by atoms with Gasteiger partial charge >= 0.3 is 5.97 Å². The number of aliphatic carboxylic acids is 1. The molecule has 0 amide bonds. The number of hydrogen-bond donors (Lipinski definition) is 2. The number of carboxylic acid groups (broad SMARTS) is 1. The van der Waals surface area contributed by atoms with Crippen LogP contribution in [0.5, 0.6) is 0 Å². The molecule has 1 saturated heterocycles. The van der Waals surface area contributed by atoms with Gasteiger partial charge in [-0.3, -0.25) is 14.7 Å². The number of aromatic nitrogens is 2. The van der Waals surface area contributed by atoms with Crippen molar-refractivity contribution in [1.29, 1.82) is 0 Å². The van der Waals surface area contributed by atoms with E-state index in [1.54, 1.807) is 6.20 Å². The number of likely N-dealkylation sites (tertiary alicyclic amines) is 1. The largest absolute Gasteiger partial charge is 0.480 e. The molecule has 0 bridgehead atoms. The SMILES string of the molecule is Cc1c(Nc2nccc3cc(CN4CCCCC4C(=O)O)cnc23)cccc1-c1ccccc1. The molecule has 34 heavy (non-hydrogen) atoms. The standard InChI is InChI=1S/C28H28N4O2/c1-19-23(21-8-3-2-4-9-21)10-7-11-24(19)31-27-26-22(13-14-29-27)16-20(17-30-26)18-32-15-6-5-12-25(32)28(33)34/h2-4,7-11,13-14,16-17,25H,5-6,12,15,18H2,1H3,(H,29,31)(H,33,34). The molecule has 2 aromatic carbocycles. The molecule has 172 valence electrons. The predicted molar refractivity (Wildman–Crippen MR) is 135 cm³/mol. The van der Waals surface area contributed by atoms with Crippen molar-refractivity contribution in [3.63, 3.8) is 0 Å². The van der Waals surface area contributed by atoms with Crippen LogP contribution in [0.1, 0.15) is 30.4 Å². The summed E-state index contributed by atoms with van der Waals surface area (Å²) in [7, 11) is 0. The van der Waals surface area contributed by atoms with Crippen LogP contribution in [0.15, 0.2) is 73.1 Å². The Morgan fingerprint density at radius 2 is 1.94 bits per heavy atom. The van der Waals surface area contributed by atoms with Gasteiger partial charge in [-0.25, -0.2) is 4.98 Å². The van der Waals surface area contributed by atoms with Crippen molar-refractivity contribution in [1.82, 2.24) is 14.9 Å². The molecule has 1 unspecified atom stereocenters. The highest BCUT2D eigenvalue weighted by atomic mass is 16.4. The van der Waals surface area contributed by atoms with Gasteiger partial charge in [0.25, 0.3) is 0 Å². The molecular weight excluding hydrogens is 424 g/mol. The van der Waals surface area contributed by atoms with E-state index in [-0.39, 0.29) is 0 Å². The summed E-state index contributed by atoms with van der Waals surface area (Å²) in [4.78, 5) is 23.0. The summed E-state index contributed by atoms with van der Waals surface area (Å²) in [5.74, 6) is -0.0315. The zero-order valence-electron chi connectivity index (χ0n) is 19.2. The van der Waals surface area contributed by atoms with E-state index < -0.39 is 12.0 Å². The first-order chi connectivity index (χ1) is 16.6. The Hall–Kier alpha value is -3.77. The van der Waals surface area contributed by atoms with Crippen LogP contribution in [0.2, 0.25) is 0 Å². The molecule has 2 N–H and O–H groups in total. The highest BCUT2D eigenvalue weighted by Crippen LogP contribution is 2.31. The number of benzene rings is 2. The smallest absolute Gasteiger partial charge is 0.320 e. The van der Waals surface area contributed by atoms with E-state index in [4.69, 9.17) is 4.98 Å². The molecule has 4 aromatic rings. The molecule has 3 heterocycles. The van der Waals surface area contributed by atoms with E-state index in [1.807, 2.05) is 41.4 Å². The van der Waals surface area contributed by atoms with Crippen LogP contribution in [0, 0.1) is 6.92 Å². The molecule has 1 fully saturated rings. The first-order valence-electron chi connectivity index (χ1n) is 11.7. The number of hydrogen-bond acceptors (Lipinski definition) is 5. The number of carboxylic acids is 1. The van der Waals surface area contributed by atoms with E-state index in [0.717, 1.165) is 47.1 Å². The maximum atomic E-state index is 11.7. The summed E-state index contributed by atoms with van der Waals surface area (Å²) in [5, 5.41) is 14.0. The van der Waals surface area contributed by atoms with Gasteiger partial charge < -0.3 is 10.4 Å². The molecule has 2 aromatic heterocycles. The van der Waals surface area contributed by atoms with E-state index >= 15 is 0 Å². The van der Waals surface area contributed by atoms with Crippen LogP contribution in [0.3, 0.4) is 0 Å². The van der Waals surface area contributed by atoms with Crippen molar-refractivity contribution < 1.29 is 9.90 Å². The minimum absolute atomic E-state index is 0.418. The normalized spacial score (nSPS) is 16.4. The number of pyridine rings is 2. The zero-order chi connectivity index (χ0) is 23.5. The summed E-state index contributed by atoms with van der Waals surface area (Å²) < 4.78 is 0. The third kappa shape index (κ3) is 4.50. The van der Waals surface area contributed by atoms with E-state index in [1.165, 1.54) is 11.1 Å². The van der Waals surface area contributed by atoms with Crippen molar-refractivity contribution in [3.8, 4) is 11.1 Å². The van der Waals surface area contributed by atoms with E-state index in [0.29, 0.717) is 18.8 Å². The third-order valence-corrected chi connectivity index (χ3v) is 6.61. The Labute approximate surface area is 199 Å². The fourth-order valence-corrected chi connectivity index (χ4v) is 4.81. The maximum Gasteiger partial charge on any atom is 0.320 e. The lowest BCUT2D eigenvalue weighted by molar-refractivity contribution is -0.144.